The molecule has 2 unspecified atom stereocenters. The minimum absolute atomic E-state index is 0.0137. The number of nitrogens with one attached hydrogen (secondary N) is 2. The lowest BCUT2D eigenvalue weighted by Crippen LogP contribution is -2.51. The number of likely N-dealkylation sites (tertiary alicyclic amines) is 1. The lowest BCUT2D eigenvalue weighted by Gasteiger charge is -2.40. The van der Waals surface area contributed by atoms with Crippen molar-refractivity contribution < 1.29 is 13.6 Å². The van der Waals surface area contributed by atoms with Crippen molar-refractivity contribution in [2.24, 2.45) is 10.4 Å². The number of carbonyl (C=O) groups is 1. The van der Waals surface area contributed by atoms with Crippen LogP contribution in [-0.4, -0.2) is 49.5 Å². The first-order valence-corrected chi connectivity index (χ1v) is 9.67. The van der Waals surface area contributed by atoms with Gasteiger partial charge < -0.3 is 15.5 Å². The minimum Gasteiger partial charge on any atom is -0.357 e. The van der Waals surface area contributed by atoms with Gasteiger partial charge in [-0.3, -0.25) is 9.79 Å². The van der Waals surface area contributed by atoms with Gasteiger partial charge in [-0.05, 0) is 31.4 Å². The molecule has 2 atom stereocenters. The quantitative estimate of drug-likeness (QED) is 0.626. The van der Waals surface area contributed by atoms with E-state index in [1.165, 1.54) is 12.1 Å². The van der Waals surface area contributed by atoms with Crippen LogP contribution in [0.5, 0.6) is 0 Å². The molecule has 2 aliphatic heterocycles. The monoisotopic (exact) mass is 378 g/mol. The zero-order chi connectivity index (χ0) is 19.4. The van der Waals surface area contributed by atoms with E-state index in [0.29, 0.717) is 18.5 Å². The molecule has 1 aromatic carbocycles. The molecule has 2 saturated heterocycles. The van der Waals surface area contributed by atoms with Gasteiger partial charge in [-0.25, -0.2) is 8.78 Å². The molecular weight excluding hydrogens is 350 g/mol. The first-order chi connectivity index (χ1) is 12.9. The second-order valence-corrected chi connectivity index (χ2v) is 7.74. The van der Waals surface area contributed by atoms with Gasteiger partial charge in [0.15, 0.2) is 5.96 Å². The summed E-state index contributed by atoms with van der Waals surface area (Å²) in [5.74, 6) is -0.342. The fourth-order valence-corrected chi connectivity index (χ4v) is 4.08. The normalized spacial score (nSPS) is 24.2. The zero-order valence-corrected chi connectivity index (χ0v) is 16.0. The minimum atomic E-state index is -0.571. The van der Waals surface area contributed by atoms with Crippen molar-refractivity contribution >= 4 is 11.9 Å². The van der Waals surface area contributed by atoms with Gasteiger partial charge in [0.1, 0.15) is 11.6 Å². The highest BCUT2D eigenvalue weighted by molar-refractivity contribution is 5.81. The van der Waals surface area contributed by atoms with E-state index < -0.39 is 11.6 Å². The molecule has 3 rings (SSSR count). The van der Waals surface area contributed by atoms with Crippen LogP contribution in [0.15, 0.2) is 23.2 Å². The highest BCUT2D eigenvalue weighted by Crippen LogP contribution is 2.36. The summed E-state index contributed by atoms with van der Waals surface area (Å²) >= 11 is 0. The van der Waals surface area contributed by atoms with Gasteiger partial charge in [-0.1, -0.05) is 13.0 Å². The molecule has 2 N–H and O–H groups in total. The SMILES string of the molecule is CCNC(=NCC(C)c1ccc(F)cc1F)N1CCCC2(CNC(=O)C2)C1. The summed E-state index contributed by atoms with van der Waals surface area (Å²) in [7, 11) is 0. The third kappa shape index (κ3) is 4.57. The molecule has 0 bridgehead atoms. The Morgan fingerprint density at radius 1 is 1.44 bits per heavy atom. The second kappa shape index (κ2) is 8.23. The van der Waals surface area contributed by atoms with Crippen molar-refractivity contribution in [1.29, 1.82) is 0 Å². The van der Waals surface area contributed by atoms with Gasteiger partial charge in [0, 0.05) is 56.5 Å². The number of amides is 1. The molecule has 0 radical (unpaired) electrons. The smallest absolute Gasteiger partial charge is 0.220 e. The van der Waals surface area contributed by atoms with Crippen molar-refractivity contribution in [3.8, 4) is 0 Å². The van der Waals surface area contributed by atoms with Crippen LogP contribution in [0, 0.1) is 17.0 Å². The molecule has 0 aromatic heterocycles. The van der Waals surface area contributed by atoms with E-state index in [9.17, 15) is 13.6 Å². The van der Waals surface area contributed by atoms with Crippen molar-refractivity contribution in [3.05, 3.63) is 35.4 Å². The summed E-state index contributed by atoms with van der Waals surface area (Å²) in [5, 5.41) is 6.27. The number of piperidine rings is 1. The molecule has 1 spiro atoms. The number of carbonyl (C=O) groups excluding carboxylic acids is 1. The third-order valence-corrected chi connectivity index (χ3v) is 5.50. The summed E-state index contributed by atoms with van der Waals surface area (Å²) in [6.07, 6.45) is 2.63. The molecule has 0 saturated carbocycles. The van der Waals surface area contributed by atoms with Gasteiger partial charge in [0.05, 0.1) is 0 Å². The first-order valence-electron chi connectivity index (χ1n) is 9.67. The van der Waals surface area contributed by atoms with Crippen LogP contribution in [-0.2, 0) is 4.79 Å². The molecule has 7 heteroatoms. The Bertz CT molecular complexity index is 724. The standard InChI is InChI=1S/C20H28F2N4O/c1-3-23-19(24-11-14(2)16-6-5-15(21)9-17(16)22)26-8-4-7-20(13-26)10-18(27)25-12-20/h5-6,9,14H,3-4,7-8,10-13H2,1-2H3,(H,23,24)(H,25,27). The van der Waals surface area contributed by atoms with E-state index in [2.05, 4.69) is 15.5 Å². The van der Waals surface area contributed by atoms with Gasteiger partial charge in [0.25, 0.3) is 0 Å². The number of aliphatic imine (C=N–C) groups is 1. The molecule has 27 heavy (non-hydrogen) atoms. The number of guanidine groups is 1. The molecular formula is C20H28F2N4O. The average Bonchev–Trinajstić information content (AvgIpc) is 2.98. The van der Waals surface area contributed by atoms with Gasteiger partial charge in [-0.15, -0.1) is 0 Å². The van der Waals surface area contributed by atoms with Gasteiger partial charge >= 0.3 is 0 Å². The summed E-state index contributed by atoms with van der Waals surface area (Å²) < 4.78 is 27.1. The van der Waals surface area contributed by atoms with Crippen LogP contribution in [0.1, 0.15) is 44.6 Å². The van der Waals surface area contributed by atoms with E-state index in [4.69, 9.17) is 4.99 Å². The van der Waals surface area contributed by atoms with E-state index in [-0.39, 0.29) is 17.2 Å². The fourth-order valence-electron chi connectivity index (χ4n) is 4.08. The maximum atomic E-state index is 14.0. The Labute approximate surface area is 159 Å². The number of hydrogen-bond acceptors (Lipinski definition) is 2. The van der Waals surface area contributed by atoms with Crippen molar-refractivity contribution in [2.45, 2.75) is 39.0 Å². The number of rotatable bonds is 4. The summed E-state index contributed by atoms with van der Waals surface area (Å²) in [4.78, 5) is 18.6. The molecule has 1 aromatic rings. The lowest BCUT2D eigenvalue weighted by atomic mass is 9.79. The van der Waals surface area contributed by atoms with E-state index in [0.717, 1.165) is 51.0 Å². The van der Waals surface area contributed by atoms with Gasteiger partial charge in [-0.2, -0.15) is 0 Å². The van der Waals surface area contributed by atoms with E-state index >= 15 is 0 Å². The topological polar surface area (TPSA) is 56.7 Å². The Hall–Kier alpha value is -2.18. The Morgan fingerprint density at radius 3 is 2.93 bits per heavy atom. The Morgan fingerprint density at radius 2 is 2.26 bits per heavy atom. The average molecular weight is 378 g/mol. The maximum Gasteiger partial charge on any atom is 0.220 e. The van der Waals surface area contributed by atoms with E-state index in [1.807, 2.05) is 13.8 Å². The number of benzene rings is 1. The number of hydrogen-bond donors (Lipinski definition) is 2. The number of nitrogens with zero attached hydrogens (tertiary/aromatic N) is 2. The molecule has 2 aliphatic rings. The van der Waals surface area contributed by atoms with Crippen molar-refractivity contribution in [2.75, 3.05) is 32.7 Å². The predicted octanol–water partition coefficient (Wildman–Crippen LogP) is 2.64. The van der Waals surface area contributed by atoms with Crippen LogP contribution in [0.3, 0.4) is 0 Å². The van der Waals surface area contributed by atoms with E-state index in [1.54, 1.807) is 0 Å². The van der Waals surface area contributed by atoms with Crippen molar-refractivity contribution in [1.82, 2.24) is 15.5 Å². The van der Waals surface area contributed by atoms with Crippen LogP contribution in [0.25, 0.3) is 0 Å². The third-order valence-electron chi connectivity index (χ3n) is 5.50. The first kappa shape index (κ1) is 19.6. The molecule has 1 amide bonds. The molecule has 2 fully saturated rings. The maximum absolute atomic E-state index is 14.0. The van der Waals surface area contributed by atoms with Crippen LogP contribution < -0.4 is 10.6 Å². The second-order valence-electron chi connectivity index (χ2n) is 7.74. The fraction of sp³-hybridized carbons (Fsp3) is 0.600. The van der Waals surface area contributed by atoms with Crippen LogP contribution in [0.2, 0.25) is 0 Å². The van der Waals surface area contributed by atoms with Gasteiger partial charge in [0.2, 0.25) is 5.91 Å². The highest BCUT2D eigenvalue weighted by Gasteiger charge is 2.42. The molecule has 148 valence electrons. The van der Waals surface area contributed by atoms with Crippen molar-refractivity contribution in [3.63, 3.8) is 0 Å². The zero-order valence-electron chi connectivity index (χ0n) is 16.0. The molecule has 0 aliphatic carbocycles. The molecule has 5 nitrogen and oxygen atoms in total. The predicted molar refractivity (Wildman–Crippen MR) is 102 cm³/mol. The Balaban J connectivity index is 1.71. The Kier molecular flexibility index (Phi) is 5.97. The largest absolute Gasteiger partial charge is 0.357 e. The summed E-state index contributed by atoms with van der Waals surface area (Å²) in [6.45, 7) is 7.45. The highest BCUT2D eigenvalue weighted by atomic mass is 19.1. The summed E-state index contributed by atoms with van der Waals surface area (Å²) in [5.41, 5.74) is 0.455. The molecule has 2 heterocycles. The lowest BCUT2D eigenvalue weighted by molar-refractivity contribution is -0.119. The van der Waals surface area contributed by atoms with Crippen LogP contribution >= 0.6 is 0 Å². The van der Waals surface area contributed by atoms with Crippen LogP contribution in [0.4, 0.5) is 8.78 Å². The number of halogens is 2. The summed E-state index contributed by atoms with van der Waals surface area (Å²) in [6, 6.07) is 3.69.